The number of ether oxygens (including phenoxy) is 4. The molecule has 0 saturated carbocycles. The number of methoxy groups -OCH3 is 2. The number of benzene rings is 2. The highest BCUT2D eigenvalue weighted by atomic mass is 32.1. The second-order valence-corrected chi connectivity index (χ2v) is 8.25. The summed E-state index contributed by atoms with van der Waals surface area (Å²) in [5.41, 5.74) is 3.63. The summed E-state index contributed by atoms with van der Waals surface area (Å²) in [6.45, 7) is 6.58. The fourth-order valence-electron chi connectivity index (χ4n) is 3.24. The minimum Gasteiger partial charge on any atom is -0.493 e. The van der Waals surface area contributed by atoms with Crippen LogP contribution in [0.5, 0.6) is 11.5 Å². The SMILES string of the molecule is CCOCCOCc1cccc(CNC(=O)c2sc(-c3ccc(OC)c(OC)c3)nc2C)c1. The summed E-state index contributed by atoms with van der Waals surface area (Å²) in [5, 5.41) is 3.75. The van der Waals surface area contributed by atoms with E-state index in [1.54, 1.807) is 14.2 Å². The van der Waals surface area contributed by atoms with Crippen molar-refractivity contribution in [3.63, 3.8) is 0 Å². The maximum atomic E-state index is 12.8. The lowest BCUT2D eigenvalue weighted by Gasteiger charge is -2.08. The van der Waals surface area contributed by atoms with E-state index in [0.717, 1.165) is 21.7 Å². The van der Waals surface area contributed by atoms with E-state index in [-0.39, 0.29) is 5.91 Å². The van der Waals surface area contributed by atoms with Gasteiger partial charge in [-0.05, 0) is 43.2 Å². The molecule has 7 nitrogen and oxygen atoms in total. The van der Waals surface area contributed by atoms with Crippen molar-refractivity contribution in [2.75, 3.05) is 34.0 Å². The van der Waals surface area contributed by atoms with Gasteiger partial charge in [0.15, 0.2) is 11.5 Å². The van der Waals surface area contributed by atoms with Crippen LogP contribution in [0.1, 0.15) is 33.4 Å². The van der Waals surface area contributed by atoms with E-state index >= 15 is 0 Å². The van der Waals surface area contributed by atoms with Crippen LogP contribution in [0.3, 0.4) is 0 Å². The van der Waals surface area contributed by atoms with Crippen LogP contribution in [0, 0.1) is 6.92 Å². The maximum absolute atomic E-state index is 12.8. The third-order valence-corrected chi connectivity index (χ3v) is 6.13. The highest BCUT2D eigenvalue weighted by Crippen LogP contribution is 2.35. The smallest absolute Gasteiger partial charge is 0.263 e. The average Bonchev–Trinajstić information content (AvgIpc) is 3.23. The summed E-state index contributed by atoms with van der Waals surface area (Å²) in [6, 6.07) is 13.6. The molecule has 3 rings (SSSR count). The van der Waals surface area contributed by atoms with Gasteiger partial charge in [-0.3, -0.25) is 4.79 Å². The van der Waals surface area contributed by atoms with Crippen LogP contribution >= 0.6 is 11.3 Å². The molecule has 0 fully saturated rings. The van der Waals surface area contributed by atoms with Crippen molar-refractivity contribution in [3.05, 3.63) is 64.2 Å². The molecule has 0 unspecified atom stereocenters. The van der Waals surface area contributed by atoms with E-state index in [9.17, 15) is 4.79 Å². The van der Waals surface area contributed by atoms with Gasteiger partial charge >= 0.3 is 0 Å². The highest BCUT2D eigenvalue weighted by molar-refractivity contribution is 7.17. The van der Waals surface area contributed by atoms with Crippen LogP contribution in [0.15, 0.2) is 42.5 Å². The van der Waals surface area contributed by atoms with E-state index in [2.05, 4.69) is 10.3 Å². The van der Waals surface area contributed by atoms with Gasteiger partial charge in [0, 0.05) is 18.7 Å². The molecular formula is C25H30N2O5S. The summed E-state index contributed by atoms with van der Waals surface area (Å²) >= 11 is 1.36. The molecular weight excluding hydrogens is 440 g/mol. The molecule has 1 N–H and O–H groups in total. The molecule has 0 atom stereocenters. The number of rotatable bonds is 12. The van der Waals surface area contributed by atoms with E-state index in [1.165, 1.54) is 11.3 Å². The number of amides is 1. The number of thiazole rings is 1. The molecule has 0 aliphatic heterocycles. The molecule has 0 bridgehead atoms. The molecule has 3 aromatic rings. The number of carbonyl (C=O) groups excluding carboxylic acids is 1. The molecule has 0 spiro atoms. The Morgan fingerprint density at radius 1 is 1.00 bits per heavy atom. The van der Waals surface area contributed by atoms with Crippen molar-refractivity contribution in [1.82, 2.24) is 10.3 Å². The van der Waals surface area contributed by atoms with Crippen molar-refractivity contribution < 1.29 is 23.7 Å². The Kier molecular flexibility index (Phi) is 9.24. The van der Waals surface area contributed by atoms with Crippen LogP contribution < -0.4 is 14.8 Å². The predicted octanol–water partition coefficient (Wildman–Crippen LogP) is 4.62. The van der Waals surface area contributed by atoms with Gasteiger partial charge in [-0.1, -0.05) is 24.3 Å². The van der Waals surface area contributed by atoms with Gasteiger partial charge < -0.3 is 24.3 Å². The van der Waals surface area contributed by atoms with Gasteiger partial charge in [-0.15, -0.1) is 11.3 Å². The summed E-state index contributed by atoms with van der Waals surface area (Å²) in [6.07, 6.45) is 0. The van der Waals surface area contributed by atoms with Gasteiger partial charge in [0.05, 0.1) is 39.7 Å². The lowest BCUT2D eigenvalue weighted by atomic mass is 10.1. The fraction of sp³-hybridized carbons (Fsp3) is 0.360. The molecule has 0 radical (unpaired) electrons. The first-order valence-electron chi connectivity index (χ1n) is 10.8. The van der Waals surface area contributed by atoms with Crippen LogP contribution in [-0.4, -0.2) is 44.9 Å². The molecule has 33 heavy (non-hydrogen) atoms. The van der Waals surface area contributed by atoms with E-state index in [0.29, 0.717) is 55.0 Å². The van der Waals surface area contributed by atoms with Crippen molar-refractivity contribution >= 4 is 17.2 Å². The topological polar surface area (TPSA) is 78.9 Å². The van der Waals surface area contributed by atoms with Crippen molar-refractivity contribution in [1.29, 1.82) is 0 Å². The summed E-state index contributed by atoms with van der Waals surface area (Å²) in [7, 11) is 3.19. The molecule has 0 aliphatic rings. The minimum absolute atomic E-state index is 0.143. The maximum Gasteiger partial charge on any atom is 0.263 e. The zero-order valence-electron chi connectivity index (χ0n) is 19.5. The average molecular weight is 471 g/mol. The van der Waals surface area contributed by atoms with Gasteiger partial charge in [0.1, 0.15) is 9.88 Å². The Labute approximate surface area is 198 Å². The minimum atomic E-state index is -0.143. The number of hydrogen-bond acceptors (Lipinski definition) is 7. The molecule has 2 aromatic carbocycles. The van der Waals surface area contributed by atoms with E-state index in [4.69, 9.17) is 18.9 Å². The quantitative estimate of drug-likeness (QED) is 0.389. The predicted molar refractivity (Wildman–Crippen MR) is 129 cm³/mol. The molecule has 1 aromatic heterocycles. The third-order valence-electron chi connectivity index (χ3n) is 4.92. The summed E-state index contributed by atoms with van der Waals surface area (Å²) in [4.78, 5) is 18.0. The number of carbonyl (C=O) groups is 1. The zero-order chi connectivity index (χ0) is 23.6. The van der Waals surface area contributed by atoms with Crippen LogP contribution in [0.25, 0.3) is 10.6 Å². The van der Waals surface area contributed by atoms with Crippen LogP contribution in [-0.2, 0) is 22.6 Å². The highest BCUT2D eigenvalue weighted by Gasteiger charge is 2.17. The third kappa shape index (κ3) is 6.77. The Morgan fingerprint density at radius 2 is 1.76 bits per heavy atom. The molecule has 1 heterocycles. The molecule has 176 valence electrons. The van der Waals surface area contributed by atoms with Gasteiger partial charge in [0.2, 0.25) is 0 Å². The fourth-order valence-corrected chi connectivity index (χ4v) is 4.22. The normalized spacial score (nSPS) is 10.8. The largest absolute Gasteiger partial charge is 0.493 e. The number of hydrogen-bond donors (Lipinski definition) is 1. The zero-order valence-corrected chi connectivity index (χ0v) is 20.3. The molecule has 1 amide bonds. The first kappa shape index (κ1) is 24.7. The number of aromatic nitrogens is 1. The second-order valence-electron chi connectivity index (χ2n) is 7.26. The summed E-state index contributed by atoms with van der Waals surface area (Å²) in [5.74, 6) is 1.13. The first-order valence-corrected chi connectivity index (χ1v) is 11.6. The lowest BCUT2D eigenvalue weighted by molar-refractivity contribution is 0.0453. The van der Waals surface area contributed by atoms with E-state index in [1.807, 2.05) is 56.3 Å². The van der Waals surface area contributed by atoms with Gasteiger partial charge in [-0.2, -0.15) is 0 Å². The van der Waals surface area contributed by atoms with Crippen LogP contribution in [0.4, 0.5) is 0 Å². The Morgan fingerprint density at radius 3 is 2.52 bits per heavy atom. The van der Waals surface area contributed by atoms with E-state index < -0.39 is 0 Å². The lowest BCUT2D eigenvalue weighted by Crippen LogP contribution is -2.22. The molecule has 0 saturated heterocycles. The first-order chi connectivity index (χ1) is 16.0. The number of nitrogens with zero attached hydrogens (tertiary/aromatic N) is 1. The monoisotopic (exact) mass is 470 g/mol. The molecule has 0 aliphatic carbocycles. The Bertz CT molecular complexity index is 1070. The molecule has 8 heteroatoms. The van der Waals surface area contributed by atoms with Gasteiger partial charge in [-0.25, -0.2) is 4.98 Å². The van der Waals surface area contributed by atoms with Crippen molar-refractivity contribution in [3.8, 4) is 22.1 Å². The van der Waals surface area contributed by atoms with Crippen LogP contribution in [0.2, 0.25) is 0 Å². The summed E-state index contributed by atoms with van der Waals surface area (Å²) < 4.78 is 21.6. The number of aryl methyl sites for hydroxylation is 1. The van der Waals surface area contributed by atoms with Gasteiger partial charge in [0.25, 0.3) is 5.91 Å². The number of nitrogens with one attached hydrogen (secondary N) is 1. The standard InChI is InChI=1S/C25H30N2O5S/c1-5-31-11-12-32-16-19-8-6-7-18(13-19)15-26-24(28)23-17(2)27-25(33-23)20-9-10-21(29-3)22(14-20)30-4/h6-10,13-14H,5,11-12,15-16H2,1-4H3,(H,26,28). The van der Waals surface area contributed by atoms with Crippen molar-refractivity contribution in [2.45, 2.75) is 27.0 Å². The second kappa shape index (κ2) is 12.3. The van der Waals surface area contributed by atoms with Crippen molar-refractivity contribution in [2.24, 2.45) is 0 Å². The Balaban J connectivity index is 1.61. The Hall–Kier alpha value is -2.94.